The largest absolute Gasteiger partial charge is 0.506 e. The number of anilines is 2. The predicted molar refractivity (Wildman–Crippen MR) is 129 cm³/mol. The molecule has 0 radical (unpaired) electrons. The Hall–Kier alpha value is -2.86. The maximum Gasteiger partial charge on any atom is 0.329 e. The van der Waals surface area contributed by atoms with E-state index in [0.29, 0.717) is 12.1 Å². The fourth-order valence-electron chi connectivity index (χ4n) is 3.84. The molecule has 3 rings (SSSR count). The van der Waals surface area contributed by atoms with E-state index in [-0.39, 0.29) is 30.7 Å². The SMILES string of the molecule is CS(=O)(=O)Nc1cc([C@H](O)CNC2CCN(c3ccc(COCC(=O)O)cc3)CC2)ccc1O. The van der Waals surface area contributed by atoms with Crippen molar-refractivity contribution in [1.29, 1.82) is 0 Å². The number of carboxylic acid groups (broad SMARTS) is 1. The van der Waals surface area contributed by atoms with Crippen molar-refractivity contribution in [1.82, 2.24) is 5.32 Å². The van der Waals surface area contributed by atoms with E-state index in [1.165, 1.54) is 12.1 Å². The molecule has 11 heteroatoms. The Kier molecular flexibility index (Phi) is 8.72. The van der Waals surface area contributed by atoms with Gasteiger partial charge in [0.2, 0.25) is 10.0 Å². The van der Waals surface area contributed by atoms with Crippen molar-refractivity contribution in [3.05, 3.63) is 53.6 Å². The highest BCUT2D eigenvalue weighted by molar-refractivity contribution is 7.92. The molecule has 1 fully saturated rings. The van der Waals surface area contributed by atoms with Crippen LogP contribution in [0.5, 0.6) is 5.75 Å². The van der Waals surface area contributed by atoms with E-state index in [4.69, 9.17) is 9.84 Å². The van der Waals surface area contributed by atoms with Crippen LogP contribution in [0.2, 0.25) is 0 Å². The third-order valence-electron chi connectivity index (χ3n) is 5.59. The van der Waals surface area contributed by atoms with Gasteiger partial charge in [0.15, 0.2) is 0 Å². The molecule has 10 nitrogen and oxygen atoms in total. The van der Waals surface area contributed by atoms with E-state index in [2.05, 4.69) is 14.9 Å². The van der Waals surface area contributed by atoms with E-state index < -0.39 is 22.1 Å². The first-order chi connectivity index (χ1) is 16.1. The van der Waals surface area contributed by atoms with E-state index in [0.717, 1.165) is 43.4 Å². The second kappa shape index (κ2) is 11.5. The number of ether oxygens (including phenoxy) is 1. The molecule has 5 N–H and O–H groups in total. The molecule has 1 aliphatic heterocycles. The van der Waals surface area contributed by atoms with Gasteiger partial charge < -0.3 is 30.3 Å². The van der Waals surface area contributed by atoms with Crippen LogP contribution in [0.15, 0.2) is 42.5 Å². The first-order valence-electron chi connectivity index (χ1n) is 11.0. The van der Waals surface area contributed by atoms with Gasteiger partial charge in [0, 0.05) is 31.4 Å². The van der Waals surface area contributed by atoms with Crippen molar-refractivity contribution in [2.45, 2.75) is 31.6 Å². The Balaban J connectivity index is 1.45. The lowest BCUT2D eigenvalue weighted by Crippen LogP contribution is -2.43. The van der Waals surface area contributed by atoms with Gasteiger partial charge in [0.1, 0.15) is 12.4 Å². The van der Waals surface area contributed by atoms with Crippen molar-refractivity contribution < 1.29 is 33.3 Å². The average Bonchev–Trinajstić information content (AvgIpc) is 2.79. The molecular formula is C23H31N3O7S. The molecule has 34 heavy (non-hydrogen) atoms. The highest BCUT2D eigenvalue weighted by Gasteiger charge is 2.21. The molecule has 0 spiro atoms. The van der Waals surface area contributed by atoms with E-state index in [1.54, 1.807) is 6.07 Å². The van der Waals surface area contributed by atoms with Crippen LogP contribution < -0.4 is 14.9 Å². The third kappa shape index (κ3) is 7.87. The maximum atomic E-state index is 11.4. The summed E-state index contributed by atoms with van der Waals surface area (Å²) in [5, 5.41) is 32.4. The number of phenols is 1. The number of phenolic OH excluding ortho intramolecular Hbond substituents is 1. The first kappa shape index (κ1) is 25.8. The molecule has 0 saturated carbocycles. The smallest absolute Gasteiger partial charge is 0.329 e. The van der Waals surface area contributed by atoms with E-state index >= 15 is 0 Å². The molecule has 1 saturated heterocycles. The molecule has 0 unspecified atom stereocenters. The third-order valence-corrected chi connectivity index (χ3v) is 6.18. The lowest BCUT2D eigenvalue weighted by Gasteiger charge is -2.34. The number of nitrogens with zero attached hydrogens (tertiary/aromatic N) is 1. The number of aliphatic carboxylic acids is 1. The summed E-state index contributed by atoms with van der Waals surface area (Å²) in [5.41, 5.74) is 2.54. The van der Waals surface area contributed by atoms with Gasteiger partial charge in [-0.25, -0.2) is 13.2 Å². The number of aliphatic hydroxyl groups excluding tert-OH is 1. The number of piperidine rings is 1. The highest BCUT2D eigenvalue weighted by atomic mass is 32.2. The minimum absolute atomic E-state index is 0.0341. The zero-order valence-electron chi connectivity index (χ0n) is 19.0. The minimum Gasteiger partial charge on any atom is -0.506 e. The Labute approximate surface area is 199 Å². The number of rotatable bonds is 11. The second-order valence-corrected chi connectivity index (χ2v) is 10.1. The summed E-state index contributed by atoms with van der Waals surface area (Å²) in [6.07, 6.45) is 1.93. The van der Waals surface area contributed by atoms with Gasteiger partial charge in [-0.15, -0.1) is 0 Å². The number of hydrogen-bond acceptors (Lipinski definition) is 8. The predicted octanol–water partition coefficient (Wildman–Crippen LogP) is 1.66. The summed E-state index contributed by atoms with van der Waals surface area (Å²) in [6.45, 7) is 1.95. The van der Waals surface area contributed by atoms with Crippen LogP contribution in [-0.2, 0) is 26.2 Å². The number of aromatic hydroxyl groups is 1. The van der Waals surface area contributed by atoms with Gasteiger partial charge >= 0.3 is 5.97 Å². The molecule has 1 heterocycles. The summed E-state index contributed by atoms with van der Waals surface area (Å²) < 4.78 is 30.3. The van der Waals surface area contributed by atoms with Gasteiger partial charge in [-0.1, -0.05) is 18.2 Å². The van der Waals surface area contributed by atoms with Gasteiger partial charge in [-0.05, 0) is 48.2 Å². The zero-order chi connectivity index (χ0) is 24.7. The summed E-state index contributed by atoms with van der Waals surface area (Å²) >= 11 is 0. The Morgan fingerprint density at radius 3 is 2.47 bits per heavy atom. The lowest BCUT2D eigenvalue weighted by molar-refractivity contribution is -0.142. The molecule has 2 aromatic carbocycles. The fourth-order valence-corrected chi connectivity index (χ4v) is 4.40. The molecule has 1 atom stereocenters. The number of benzene rings is 2. The molecule has 186 valence electrons. The Morgan fingerprint density at radius 2 is 1.85 bits per heavy atom. The zero-order valence-corrected chi connectivity index (χ0v) is 19.8. The molecule has 0 bridgehead atoms. The Bertz CT molecular complexity index is 1070. The molecular weight excluding hydrogens is 462 g/mol. The fraction of sp³-hybridized carbons (Fsp3) is 0.435. The van der Waals surface area contributed by atoms with Crippen molar-refractivity contribution in [2.75, 3.05) is 42.1 Å². The standard InChI is InChI=1S/C23H31N3O7S/c1-34(31,32)25-20-12-17(4-7-21(20)27)22(28)13-24-18-8-10-26(11-9-18)19-5-2-16(3-6-19)14-33-15-23(29)30/h2-7,12,18,22,24-25,27-28H,8-11,13-15H2,1H3,(H,29,30)/t22-/m1/s1. The molecule has 0 aromatic heterocycles. The quantitative estimate of drug-likeness (QED) is 0.295. The topological polar surface area (TPSA) is 148 Å². The summed E-state index contributed by atoms with van der Waals surface area (Å²) in [4.78, 5) is 12.8. The van der Waals surface area contributed by atoms with Crippen LogP contribution in [0.25, 0.3) is 0 Å². The van der Waals surface area contributed by atoms with Crippen LogP contribution in [-0.4, -0.2) is 68.2 Å². The number of carboxylic acids is 1. The average molecular weight is 494 g/mol. The van der Waals surface area contributed by atoms with Crippen molar-refractivity contribution in [3.8, 4) is 5.75 Å². The molecule has 1 aliphatic rings. The van der Waals surface area contributed by atoms with Crippen LogP contribution in [0, 0.1) is 0 Å². The van der Waals surface area contributed by atoms with Crippen LogP contribution >= 0.6 is 0 Å². The van der Waals surface area contributed by atoms with Crippen molar-refractivity contribution >= 4 is 27.4 Å². The number of aliphatic hydroxyl groups is 1. The van der Waals surface area contributed by atoms with Crippen molar-refractivity contribution in [2.24, 2.45) is 0 Å². The molecule has 0 amide bonds. The summed E-state index contributed by atoms with van der Waals surface area (Å²) in [5.74, 6) is -1.19. The van der Waals surface area contributed by atoms with Crippen LogP contribution in [0.4, 0.5) is 11.4 Å². The number of sulfonamides is 1. The number of nitrogens with one attached hydrogen (secondary N) is 2. The van der Waals surface area contributed by atoms with E-state index in [1.807, 2.05) is 24.3 Å². The first-order valence-corrected chi connectivity index (χ1v) is 12.9. The Morgan fingerprint density at radius 1 is 1.18 bits per heavy atom. The number of hydrogen-bond donors (Lipinski definition) is 5. The maximum absolute atomic E-state index is 11.4. The molecule has 2 aromatic rings. The van der Waals surface area contributed by atoms with Gasteiger partial charge in [0.25, 0.3) is 0 Å². The summed E-state index contributed by atoms with van der Waals surface area (Å²) in [6, 6.07) is 12.5. The second-order valence-electron chi connectivity index (χ2n) is 8.39. The van der Waals surface area contributed by atoms with Gasteiger partial charge in [0.05, 0.1) is 24.7 Å². The van der Waals surface area contributed by atoms with Crippen LogP contribution in [0.3, 0.4) is 0 Å². The van der Waals surface area contributed by atoms with Crippen molar-refractivity contribution in [3.63, 3.8) is 0 Å². The molecule has 0 aliphatic carbocycles. The van der Waals surface area contributed by atoms with E-state index in [9.17, 15) is 23.4 Å². The minimum atomic E-state index is -3.55. The lowest BCUT2D eigenvalue weighted by atomic mass is 10.0. The monoisotopic (exact) mass is 493 g/mol. The normalized spacial score (nSPS) is 15.8. The summed E-state index contributed by atoms with van der Waals surface area (Å²) in [7, 11) is -3.55. The highest BCUT2D eigenvalue weighted by Crippen LogP contribution is 2.28. The van der Waals surface area contributed by atoms with Gasteiger partial charge in [-0.2, -0.15) is 0 Å². The van der Waals surface area contributed by atoms with Crippen LogP contribution in [0.1, 0.15) is 30.1 Å². The van der Waals surface area contributed by atoms with Gasteiger partial charge in [-0.3, -0.25) is 4.72 Å². The number of carbonyl (C=O) groups is 1.